The van der Waals surface area contributed by atoms with Crippen LogP contribution in [-0.2, 0) is 0 Å². The second-order valence-corrected chi connectivity index (χ2v) is 5.81. The number of hydrogen-bond acceptors (Lipinski definition) is 2. The molecule has 2 unspecified atom stereocenters. The summed E-state index contributed by atoms with van der Waals surface area (Å²) >= 11 is 5.81. The van der Waals surface area contributed by atoms with Crippen molar-refractivity contribution in [3.63, 3.8) is 0 Å². The third-order valence-corrected chi connectivity index (χ3v) is 3.77. The smallest absolute Gasteiger partial charge is 0.147 e. The molecule has 1 aromatic carbocycles. The molecule has 1 heterocycles. The van der Waals surface area contributed by atoms with Crippen LogP contribution in [0.15, 0.2) is 18.2 Å². The lowest BCUT2D eigenvalue weighted by atomic mass is 9.98. The molecule has 0 bridgehead atoms. The zero-order chi connectivity index (χ0) is 13.3. The number of halogens is 2. The number of hydrogen-bond donors (Lipinski definition) is 1. The molecule has 0 aromatic heterocycles. The number of nitrogens with zero attached hydrogens (tertiary/aromatic N) is 1. The molecule has 0 spiro atoms. The van der Waals surface area contributed by atoms with Crippen molar-refractivity contribution in [1.82, 2.24) is 5.32 Å². The van der Waals surface area contributed by atoms with Gasteiger partial charge in [0, 0.05) is 30.2 Å². The van der Waals surface area contributed by atoms with Crippen LogP contribution in [-0.4, -0.2) is 25.2 Å². The Kier molecular flexibility index (Phi) is 4.13. The number of rotatable bonds is 2. The first-order chi connectivity index (χ1) is 8.49. The Balaban J connectivity index is 2.32. The number of benzene rings is 1. The average molecular weight is 271 g/mol. The van der Waals surface area contributed by atoms with Gasteiger partial charge in [0.05, 0.1) is 5.69 Å². The van der Waals surface area contributed by atoms with Crippen LogP contribution in [0.1, 0.15) is 20.8 Å². The van der Waals surface area contributed by atoms with Crippen LogP contribution in [0.3, 0.4) is 0 Å². The Morgan fingerprint density at radius 3 is 2.78 bits per heavy atom. The molecule has 4 heteroatoms. The Bertz CT molecular complexity index is 422. The maximum Gasteiger partial charge on any atom is 0.147 e. The lowest BCUT2D eigenvalue weighted by molar-refractivity contribution is 0.346. The summed E-state index contributed by atoms with van der Waals surface area (Å²) in [5, 5.41) is 3.90. The zero-order valence-corrected chi connectivity index (χ0v) is 11.8. The molecule has 1 aliphatic rings. The molecular formula is C14H20ClFN2. The van der Waals surface area contributed by atoms with E-state index in [1.54, 1.807) is 12.1 Å². The second kappa shape index (κ2) is 5.45. The van der Waals surface area contributed by atoms with Gasteiger partial charge in [0.2, 0.25) is 0 Å². The van der Waals surface area contributed by atoms with E-state index in [4.69, 9.17) is 11.6 Å². The van der Waals surface area contributed by atoms with Crippen molar-refractivity contribution >= 4 is 17.3 Å². The van der Waals surface area contributed by atoms with Gasteiger partial charge >= 0.3 is 0 Å². The number of anilines is 1. The first kappa shape index (κ1) is 13.6. The van der Waals surface area contributed by atoms with Crippen molar-refractivity contribution in [2.75, 3.05) is 18.0 Å². The molecule has 0 aliphatic carbocycles. The van der Waals surface area contributed by atoms with E-state index in [-0.39, 0.29) is 5.82 Å². The summed E-state index contributed by atoms with van der Waals surface area (Å²) in [5.41, 5.74) is 0.659. The molecule has 0 saturated carbocycles. The molecule has 0 radical (unpaired) electrons. The van der Waals surface area contributed by atoms with E-state index in [0.29, 0.717) is 28.7 Å². The van der Waals surface area contributed by atoms with E-state index < -0.39 is 0 Å². The first-order valence-corrected chi connectivity index (χ1v) is 6.82. The van der Waals surface area contributed by atoms with Gasteiger partial charge < -0.3 is 10.2 Å². The maximum atomic E-state index is 14.1. The second-order valence-electron chi connectivity index (χ2n) is 5.37. The summed E-state index contributed by atoms with van der Waals surface area (Å²) in [6, 6.07) is 5.61. The van der Waals surface area contributed by atoms with Gasteiger partial charge in [-0.1, -0.05) is 25.4 Å². The molecule has 2 atom stereocenters. The van der Waals surface area contributed by atoms with E-state index in [0.717, 1.165) is 13.1 Å². The summed E-state index contributed by atoms with van der Waals surface area (Å²) in [4.78, 5) is 2.16. The van der Waals surface area contributed by atoms with Crippen LogP contribution >= 0.6 is 11.6 Å². The van der Waals surface area contributed by atoms with Crippen LogP contribution in [0.5, 0.6) is 0 Å². The molecule has 100 valence electrons. The van der Waals surface area contributed by atoms with Crippen molar-refractivity contribution in [1.29, 1.82) is 0 Å². The quantitative estimate of drug-likeness (QED) is 0.887. The monoisotopic (exact) mass is 270 g/mol. The van der Waals surface area contributed by atoms with E-state index >= 15 is 0 Å². The summed E-state index contributed by atoms with van der Waals surface area (Å²) < 4.78 is 14.1. The SMILES string of the molecule is CC1CN(c2ccc(Cl)cc2F)C(C(C)C)CN1. The van der Waals surface area contributed by atoms with Crippen molar-refractivity contribution in [2.24, 2.45) is 5.92 Å². The highest BCUT2D eigenvalue weighted by Crippen LogP contribution is 2.28. The van der Waals surface area contributed by atoms with E-state index in [1.165, 1.54) is 6.07 Å². The minimum absolute atomic E-state index is 0.234. The van der Waals surface area contributed by atoms with Crippen molar-refractivity contribution < 1.29 is 4.39 Å². The van der Waals surface area contributed by atoms with Crippen molar-refractivity contribution in [2.45, 2.75) is 32.9 Å². The molecule has 2 nitrogen and oxygen atoms in total. The lowest BCUT2D eigenvalue weighted by Crippen LogP contribution is -2.57. The summed E-state index contributed by atoms with van der Waals surface area (Å²) in [6.07, 6.45) is 0. The Morgan fingerprint density at radius 1 is 1.44 bits per heavy atom. The summed E-state index contributed by atoms with van der Waals surface area (Å²) in [6.45, 7) is 8.17. The van der Waals surface area contributed by atoms with Gasteiger partial charge in [0.1, 0.15) is 5.82 Å². The minimum atomic E-state index is -0.234. The Labute approximate surface area is 113 Å². The van der Waals surface area contributed by atoms with Gasteiger partial charge in [-0.25, -0.2) is 4.39 Å². The Hall–Kier alpha value is -0.800. The summed E-state index contributed by atoms with van der Waals surface area (Å²) in [7, 11) is 0. The highest BCUT2D eigenvalue weighted by Gasteiger charge is 2.29. The van der Waals surface area contributed by atoms with Gasteiger partial charge in [-0.3, -0.25) is 0 Å². The standard InChI is InChI=1S/C14H20ClFN2/c1-9(2)14-7-17-10(3)8-18(14)13-5-4-11(15)6-12(13)16/h4-6,9-10,14,17H,7-8H2,1-3H3. The topological polar surface area (TPSA) is 15.3 Å². The van der Waals surface area contributed by atoms with Crippen molar-refractivity contribution in [3.8, 4) is 0 Å². The lowest BCUT2D eigenvalue weighted by Gasteiger charge is -2.43. The minimum Gasteiger partial charge on any atom is -0.363 e. The van der Waals surface area contributed by atoms with Crippen LogP contribution in [0, 0.1) is 11.7 Å². The fourth-order valence-electron chi connectivity index (χ4n) is 2.51. The van der Waals surface area contributed by atoms with Gasteiger partial charge in [0.25, 0.3) is 0 Å². The molecule has 1 aromatic rings. The van der Waals surface area contributed by atoms with Crippen molar-refractivity contribution in [3.05, 3.63) is 29.0 Å². The first-order valence-electron chi connectivity index (χ1n) is 6.44. The molecule has 1 fully saturated rings. The van der Waals surface area contributed by atoms with E-state index in [1.807, 2.05) is 0 Å². The predicted octanol–water partition coefficient (Wildman–Crippen LogP) is 3.30. The number of piperazine rings is 1. The fourth-order valence-corrected chi connectivity index (χ4v) is 2.67. The highest BCUT2D eigenvalue weighted by atomic mass is 35.5. The number of nitrogens with one attached hydrogen (secondary N) is 1. The van der Waals surface area contributed by atoms with Crippen LogP contribution in [0.4, 0.5) is 10.1 Å². The van der Waals surface area contributed by atoms with E-state index in [2.05, 4.69) is 31.0 Å². The van der Waals surface area contributed by atoms with Crippen LogP contribution in [0.2, 0.25) is 5.02 Å². The zero-order valence-electron chi connectivity index (χ0n) is 11.1. The van der Waals surface area contributed by atoms with Crippen LogP contribution in [0.25, 0.3) is 0 Å². The molecule has 0 amide bonds. The third kappa shape index (κ3) is 2.78. The van der Waals surface area contributed by atoms with Gasteiger partial charge in [-0.15, -0.1) is 0 Å². The largest absolute Gasteiger partial charge is 0.363 e. The molecule has 2 rings (SSSR count). The normalized spacial score (nSPS) is 24.7. The predicted molar refractivity (Wildman–Crippen MR) is 74.8 cm³/mol. The molecule has 1 aliphatic heterocycles. The Morgan fingerprint density at radius 2 is 2.17 bits per heavy atom. The maximum absolute atomic E-state index is 14.1. The fraction of sp³-hybridized carbons (Fsp3) is 0.571. The third-order valence-electron chi connectivity index (χ3n) is 3.54. The molecule has 1 saturated heterocycles. The summed E-state index contributed by atoms with van der Waals surface area (Å²) in [5.74, 6) is 0.238. The van der Waals surface area contributed by atoms with E-state index in [9.17, 15) is 4.39 Å². The molecular weight excluding hydrogens is 251 g/mol. The van der Waals surface area contributed by atoms with Gasteiger partial charge in [0.15, 0.2) is 0 Å². The van der Waals surface area contributed by atoms with Gasteiger partial charge in [-0.2, -0.15) is 0 Å². The molecule has 18 heavy (non-hydrogen) atoms. The highest BCUT2D eigenvalue weighted by molar-refractivity contribution is 6.30. The van der Waals surface area contributed by atoms with Crippen LogP contribution < -0.4 is 10.2 Å². The molecule has 1 N–H and O–H groups in total. The van der Waals surface area contributed by atoms with Gasteiger partial charge in [-0.05, 0) is 31.0 Å². The average Bonchev–Trinajstić information content (AvgIpc) is 2.28.